The van der Waals surface area contributed by atoms with Crippen LogP contribution >= 0.6 is 0 Å². The summed E-state index contributed by atoms with van der Waals surface area (Å²) >= 11 is 0. The standard InChI is InChI=1S/C29H42O8/c1-7-22-27(33-14-21-12-10-9-11-13-21)28-24(16-32-25(8-2)36-28)35-29(22)37-26-18(4)17(3)19(5)34-23(26)15-31-20(6)30/h8-13,17-19,22-29H,2,7,14-16H2,1,3-6H3. The lowest BCUT2D eigenvalue weighted by Gasteiger charge is -2.51. The van der Waals surface area contributed by atoms with Gasteiger partial charge in [0.1, 0.15) is 24.9 Å². The molecule has 3 heterocycles. The van der Waals surface area contributed by atoms with Crippen molar-refractivity contribution in [2.75, 3.05) is 13.2 Å². The van der Waals surface area contributed by atoms with Gasteiger partial charge in [-0.25, -0.2) is 0 Å². The maximum atomic E-state index is 11.6. The van der Waals surface area contributed by atoms with Gasteiger partial charge in [-0.15, -0.1) is 0 Å². The first-order valence-electron chi connectivity index (χ1n) is 13.5. The fourth-order valence-electron chi connectivity index (χ4n) is 5.55. The smallest absolute Gasteiger partial charge is 0.302 e. The van der Waals surface area contributed by atoms with Crippen LogP contribution in [0.1, 0.15) is 46.6 Å². The zero-order valence-corrected chi connectivity index (χ0v) is 22.6. The molecule has 1 aromatic carbocycles. The van der Waals surface area contributed by atoms with Crippen molar-refractivity contribution in [3.63, 3.8) is 0 Å². The molecule has 11 atom stereocenters. The molecular formula is C29H42O8. The number of carbonyl (C=O) groups excluding carboxylic acids is 1. The molecule has 0 aliphatic carbocycles. The number of esters is 1. The van der Waals surface area contributed by atoms with Crippen LogP contribution in [0.2, 0.25) is 0 Å². The van der Waals surface area contributed by atoms with Gasteiger partial charge in [0.15, 0.2) is 12.6 Å². The first kappa shape index (κ1) is 28.2. The minimum Gasteiger partial charge on any atom is -0.463 e. The predicted molar refractivity (Wildman–Crippen MR) is 136 cm³/mol. The van der Waals surface area contributed by atoms with Crippen molar-refractivity contribution in [1.82, 2.24) is 0 Å². The van der Waals surface area contributed by atoms with E-state index in [2.05, 4.69) is 34.3 Å². The molecule has 0 aromatic heterocycles. The van der Waals surface area contributed by atoms with Crippen LogP contribution in [0.4, 0.5) is 0 Å². The summed E-state index contributed by atoms with van der Waals surface area (Å²) in [5, 5.41) is 0. The van der Waals surface area contributed by atoms with Crippen molar-refractivity contribution in [1.29, 1.82) is 0 Å². The number of ether oxygens (including phenoxy) is 7. The first-order valence-corrected chi connectivity index (χ1v) is 13.5. The molecule has 8 nitrogen and oxygen atoms in total. The summed E-state index contributed by atoms with van der Waals surface area (Å²) in [4.78, 5) is 11.6. The molecule has 8 heteroatoms. The Morgan fingerprint density at radius 2 is 1.84 bits per heavy atom. The summed E-state index contributed by atoms with van der Waals surface area (Å²) in [6.45, 7) is 14.6. The Morgan fingerprint density at radius 3 is 2.51 bits per heavy atom. The van der Waals surface area contributed by atoms with E-state index in [1.54, 1.807) is 6.08 Å². The summed E-state index contributed by atoms with van der Waals surface area (Å²) in [5.41, 5.74) is 1.09. The van der Waals surface area contributed by atoms with Gasteiger partial charge in [-0.2, -0.15) is 0 Å². The van der Waals surface area contributed by atoms with Crippen LogP contribution in [-0.2, 0) is 44.6 Å². The van der Waals surface area contributed by atoms with E-state index in [0.717, 1.165) is 12.0 Å². The molecular weight excluding hydrogens is 476 g/mol. The molecule has 0 saturated carbocycles. The van der Waals surface area contributed by atoms with Crippen molar-refractivity contribution >= 4 is 5.97 Å². The fraction of sp³-hybridized carbons (Fsp3) is 0.690. The molecule has 0 N–H and O–H groups in total. The zero-order valence-electron chi connectivity index (χ0n) is 22.6. The lowest BCUT2D eigenvalue weighted by molar-refractivity contribution is -0.365. The molecule has 0 radical (unpaired) electrons. The molecule has 206 valence electrons. The Bertz CT molecular complexity index is 878. The first-order chi connectivity index (χ1) is 17.8. The number of rotatable bonds is 9. The zero-order chi connectivity index (χ0) is 26.5. The van der Waals surface area contributed by atoms with Crippen LogP contribution in [0, 0.1) is 17.8 Å². The Hall–Kier alpha value is -1.81. The van der Waals surface area contributed by atoms with Gasteiger partial charge < -0.3 is 33.2 Å². The van der Waals surface area contributed by atoms with Crippen LogP contribution < -0.4 is 0 Å². The van der Waals surface area contributed by atoms with E-state index in [1.807, 2.05) is 30.3 Å². The third-order valence-electron chi connectivity index (χ3n) is 8.02. The quantitative estimate of drug-likeness (QED) is 0.354. The average molecular weight is 519 g/mol. The number of fused-ring (bicyclic) bond motifs is 1. The van der Waals surface area contributed by atoms with E-state index in [9.17, 15) is 4.79 Å². The fourth-order valence-corrected chi connectivity index (χ4v) is 5.55. The molecule has 3 aliphatic rings. The number of benzene rings is 1. The largest absolute Gasteiger partial charge is 0.463 e. The number of carbonyl (C=O) groups is 1. The van der Waals surface area contributed by atoms with Gasteiger partial charge in [0.25, 0.3) is 0 Å². The molecule has 4 rings (SSSR count). The van der Waals surface area contributed by atoms with E-state index >= 15 is 0 Å². The van der Waals surface area contributed by atoms with Crippen LogP contribution in [0.5, 0.6) is 0 Å². The molecule has 3 fully saturated rings. The summed E-state index contributed by atoms with van der Waals surface area (Å²) < 4.78 is 43.4. The monoisotopic (exact) mass is 518 g/mol. The lowest BCUT2D eigenvalue weighted by atomic mass is 9.81. The van der Waals surface area contributed by atoms with Gasteiger partial charge in [-0.05, 0) is 36.8 Å². The third-order valence-corrected chi connectivity index (χ3v) is 8.02. The SMILES string of the molecule is C=CC1OCC2OC(OC3C(COC(C)=O)OC(C)C(C)C3C)C(CC)C(OCc3ccccc3)C2O1. The van der Waals surface area contributed by atoms with E-state index in [4.69, 9.17) is 33.2 Å². The van der Waals surface area contributed by atoms with Crippen molar-refractivity contribution in [2.45, 2.75) is 96.9 Å². The number of hydrogen-bond donors (Lipinski definition) is 0. The van der Waals surface area contributed by atoms with Gasteiger partial charge in [-0.1, -0.05) is 57.7 Å². The summed E-state index contributed by atoms with van der Waals surface area (Å²) in [7, 11) is 0. The molecule has 0 bridgehead atoms. The van der Waals surface area contributed by atoms with E-state index in [1.165, 1.54) is 6.92 Å². The Morgan fingerprint density at radius 1 is 1.08 bits per heavy atom. The second-order valence-electron chi connectivity index (χ2n) is 10.4. The lowest BCUT2D eigenvalue weighted by Crippen LogP contribution is -2.63. The highest BCUT2D eigenvalue weighted by Gasteiger charge is 2.52. The number of hydrogen-bond acceptors (Lipinski definition) is 8. The van der Waals surface area contributed by atoms with E-state index in [-0.39, 0.29) is 60.8 Å². The van der Waals surface area contributed by atoms with E-state index < -0.39 is 18.7 Å². The second kappa shape index (κ2) is 12.8. The maximum absolute atomic E-state index is 11.6. The van der Waals surface area contributed by atoms with Crippen molar-refractivity contribution in [3.8, 4) is 0 Å². The van der Waals surface area contributed by atoms with Crippen LogP contribution in [0.3, 0.4) is 0 Å². The molecule has 0 amide bonds. The normalized spacial score (nSPS) is 40.0. The van der Waals surface area contributed by atoms with Gasteiger partial charge in [0.2, 0.25) is 0 Å². The van der Waals surface area contributed by atoms with Crippen molar-refractivity contribution in [2.24, 2.45) is 17.8 Å². The Labute approximate surface area is 220 Å². The van der Waals surface area contributed by atoms with Crippen molar-refractivity contribution < 1.29 is 38.0 Å². The highest BCUT2D eigenvalue weighted by Crippen LogP contribution is 2.40. The Kier molecular flexibility index (Phi) is 9.78. The van der Waals surface area contributed by atoms with Gasteiger partial charge in [0.05, 0.1) is 31.5 Å². The van der Waals surface area contributed by atoms with Gasteiger partial charge in [0, 0.05) is 12.8 Å². The van der Waals surface area contributed by atoms with Crippen LogP contribution in [0.25, 0.3) is 0 Å². The third kappa shape index (κ3) is 6.61. The molecule has 1 aromatic rings. The van der Waals surface area contributed by atoms with E-state index in [0.29, 0.717) is 13.2 Å². The predicted octanol–water partition coefficient (Wildman–Crippen LogP) is 4.26. The van der Waals surface area contributed by atoms with Crippen LogP contribution in [0.15, 0.2) is 43.0 Å². The second-order valence-corrected chi connectivity index (χ2v) is 10.4. The molecule has 3 saturated heterocycles. The van der Waals surface area contributed by atoms with Gasteiger partial charge >= 0.3 is 5.97 Å². The summed E-state index contributed by atoms with van der Waals surface area (Å²) in [6, 6.07) is 10.1. The minimum atomic E-state index is -0.559. The van der Waals surface area contributed by atoms with Crippen molar-refractivity contribution in [3.05, 3.63) is 48.6 Å². The molecule has 3 aliphatic heterocycles. The molecule has 0 spiro atoms. The average Bonchev–Trinajstić information content (AvgIpc) is 2.91. The minimum absolute atomic E-state index is 0.0203. The molecule has 37 heavy (non-hydrogen) atoms. The Balaban J connectivity index is 1.56. The van der Waals surface area contributed by atoms with Gasteiger partial charge in [-0.3, -0.25) is 4.79 Å². The topological polar surface area (TPSA) is 81.7 Å². The summed E-state index contributed by atoms with van der Waals surface area (Å²) in [5.74, 6) is -0.0115. The van der Waals surface area contributed by atoms with Crippen LogP contribution in [-0.4, -0.2) is 68.4 Å². The highest BCUT2D eigenvalue weighted by molar-refractivity contribution is 5.65. The highest BCUT2D eigenvalue weighted by atomic mass is 16.8. The summed E-state index contributed by atoms with van der Waals surface area (Å²) in [6.07, 6.45) is -0.292. The molecule has 11 unspecified atom stereocenters. The maximum Gasteiger partial charge on any atom is 0.302 e.